The van der Waals surface area contributed by atoms with Crippen molar-refractivity contribution >= 4 is 28.3 Å². The number of anilines is 2. The van der Waals surface area contributed by atoms with Gasteiger partial charge in [0.05, 0.1) is 29.1 Å². The summed E-state index contributed by atoms with van der Waals surface area (Å²) < 4.78 is 5.18. The van der Waals surface area contributed by atoms with Crippen LogP contribution >= 0.6 is 0 Å². The molecule has 0 unspecified atom stereocenters. The zero-order valence-corrected chi connectivity index (χ0v) is 13.2. The number of urea groups is 1. The van der Waals surface area contributed by atoms with Gasteiger partial charge in [0.1, 0.15) is 11.1 Å². The molecule has 118 valence electrons. The second-order valence-electron chi connectivity index (χ2n) is 5.50. The normalized spacial score (nSPS) is 12.5. The van der Waals surface area contributed by atoms with E-state index < -0.39 is 6.03 Å². The number of nitrogens with zero attached hydrogens (tertiary/aromatic N) is 3. The molecule has 6 nitrogen and oxygen atoms in total. The van der Waals surface area contributed by atoms with Gasteiger partial charge in [0, 0.05) is 11.4 Å². The Morgan fingerprint density at radius 2 is 1.83 bits per heavy atom. The molecule has 0 atom stereocenters. The number of carbonyl (C=O) groups is 1. The number of aromatic nitrogens is 1. The summed E-state index contributed by atoms with van der Waals surface area (Å²) in [5.74, 6) is 0.789. The number of rotatable bonds is 3. The largest absolute Gasteiger partial charge is 0.497 e. The molecule has 2 amide bonds. The number of benzene rings is 2. The number of amides is 2. The van der Waals surface area contributed by atoms with Crippen LogP contribution in [0.5, 0.6) is 5.75 Å². The maximum Gasteiger partial charge on any atom is 0.368 e. The van der Waals surface area contributed by atoms with E-state index in [1.807, 2.05) is 43.3 Å². The molecule has 6 heteroatoms. The average Bonchev–Trinajstić information content (AvgIpc) is 2.95. The van der Waals surface area contributed by atoms with Gasteiger partial charge in [0.15, 0.2) is 0 Å². The number of ether oxygens (including phenoxy) is 1. The second kappa shape index (κ2) is 5.42. The molecule has 0 spiro atoms. The first-order valence-electron chi connectivity index (χ1n) is 7.47. The van der Waals surface area contributed by atoms with Crippen LogP contribution in [0, 0.1) is 6.92 Å². The molecule has 0 saturated heterocycles. The van der Waals surface area contributed by atoms with Crippen LogP contribution < -0.4 is 20.8 Å². The summed E-state index contributed by atoms with van der Waals surface area (Å²) in [7, 11) is 1.63. The molecule has 1 aliphatic rings. The number of aryl methyl sites for hydroxylation is 1. The molecule has 2 heterocycles. The fourth-order valence-corrected chi connectivity index (χ4v) is 2.79. The molecular weight excluding hydrogens is 304 g/mol. The monoisotopic (exact) mass is 318 g/mol. The molecule has 1 aliphatic heterocycles. The van der Waals surface area contributed by atoms with Crippen LogP contribution in [0.1, 0.15) is 5.69 Å². The van der Waals surface area contributed by atoms with Crippen molar-refractivity contribution in [3.8, 4) is 5.75 Å². The van der Waals surface area contributed by atoms with Crippen LogP contribution in [0.15, 0.2) is 52.4 Å². The fraction of sp³-hybridized carbons (Fsp3) is 0.111. The number of nitrogens with one attached hydrogen (secondary N) is 1. The molecule has 0 aliphatic carbocycles. The minimum absolute atomic E-state index is 0.478. The standard InChI is InChI=1S/C18H14N4O2/c1-10-9-15(20-11-3-5-12(24-2)6-4-11)16-13(19-10)7-8-14-17(16)22-18(23)21-14/h3-9H,1-2H3,(H,19,20). The van der Waals surface area contributed by atoms with Crippen molar-refractivity contribution in [2.24, 2.45) is 9.98 Å². The number of pyridine rings is 1. The SMILES string of the molecule is COc1ccc(Nc2cc(C)nc3ccc4c(c23)=NC(=O)N=4)cc1. The van der Waals surface area contributed by atoms with Crippen molar-refractivity contribution in [1.82, 2.24) is 4.98 Å². The van der Waals surface area contributed by atoms with E-state index in [0.717, 1.165) is 33.7 Å². The number of carbonyl (C=O) groups excluding carboxylic acids is 1. The Kier molecular flexibility index (Phi) is 3.23. The highest BCUT2D eigenvalue weighted by atomic mass is 16.5. The molecule has 24 heavy (non-hydrogen) atoms. The highest BCUT2D eigenvalue weighted by molar-refractivity contribution is 5.94. The fourth-order valence-electron chi connectivity index (χ4n) is 2.79. The summed E-state index contributed by atoms with van der Waals surface area (Å²) in [4.78, 5) is 24.0. The number of hydrogen-bond acceptors (Lipinski definition) is 4. The van der Waals surface area contributed by atoms with Crippen LogP contribution in [-0.4, -0.2) is 18.1 Å². The molecule has 1 aromatic heterocycles. The topological polar surface area (TPSA) is 75.9 Å². The lowest BCUT2D eigenvalue weighted by atomic mass is 10.1. The van der Waals surface area contributed by atoms with E-state index in [1.54, 1.807) is 13.2 Å². The first kappa shape index (κ1) is 14.3. The van der Waals surface area contributed by atoms with E-state index in [0.29, 0.717) is 10.7 Å². The van der Waals surface area contributed by atoms with Gasteiger partial charge in [0.25, 0.3) is 0 Å². The van der Waals surface area contributed by atoms with Gasteiger partial charge in [-0.1, -0.05) is 0 Å². The van der Waals surface area contributed by atoms with E-state index in [9.17, 15) is 4.79 Å². The van der Waals surface area contributed by atoms with Gasteiger partial charge in [-0.15, -0.1) is 0 Å². The zero-order valence-electron chi connectivity index (χ0n) is 13.2. The van der Waals surface area contributed by atoms with Crippen molar-refractivity contribution in [3.63, 3.8) is 0 Å². The van der Waals surface area contributed by atoms with Crippen molar-refractivity contribution in [1.29, 1.82) is 0 Å². The first-order chi connectivity index (χ1) is 11.6. The maximum atomic E-state index is 11.6. The Morgan fingerprint density at radius 3 is 2.58 bits per heavy atom. The van der Waals surface area contributed by atoms with Crippen molar-refractivity contribution in [2.75, 3.05) is 12.4 Å². The van der Waals surface area contributed by atoms with E-state index in [4.69, 9.17) is 4.74 Å². The Hall–Kier alpha value is -3.28. The molecule has 0 bridgehead atoms. The molecule has 4 rings (SSSR count). The molecule has 3 aromatic rings. The smallest absolute Gasteiger partial charge is 0.368 e. The van der Waals surface area contributed by atoms with Gasteiger partial charge < -0.3 is 10.1 Å². The summed E-state index contributed by atoms with van der Waals surface area (Å²) >= 11 is 0. The number of hydrogen-bond donors (Lipinski definition) is 1. The van der Waals surface area contributed by atoms with Crippen LogP contribution in [-0.2, 0) is 0 Å². The molecule has 0 radical (unpaired) electrons. The van der Waals surface area contributed by atoms with Gasteiger partial charge in [-0.25, -0.2) is 4.79 Å². The van der Waals surface area contributed by atoms with Crippen molar-refractivity contribution in [2.45, 2.75) is 6.92 Å². The highest BCUT2D eigenvalue weighted by Gasteiger charge is 2.13. The van der Waals surface area contributed by atoms with E-state index in [1.165, 1.54) is 0 Å². The lowest BCUT2D eigenvalue weighted by Gasteiger charge is -2.11. The minimum atomic E-state index is -0.478. The maximum absolute atomic E-state index is 11.6. The predicted molar refractivity (Wildman–Crippen MR) is 90.5 cm³/mol. The third kappa shape index (κ3) is 2.38. The van der Waals surface area contributed by atoms with Crippen LogP contribution in [0.4, 0.5) is 16.2 Å². The molecule has 1 N–H and O–H groups in total. The summed E-state index contributed by atoms with van der Waals surface area (Å²) in [6, 6.07) is 12.7. The molecule has 0 saturated carbocycles. The van der Waals surface area contributed by atoms with E-state index in [-0.39, 0.29) is 0 Å². The second-order valence-corrected chi connectivity index (χ2v) is 5.50. The zero-order chi connectivity index (χ0) is 16.7. The summed E-state index contributed by atoms with van der Waals surface area (Å²) in [6.07, 6.45) is 0. The predicted octanol–water partition coefficient (Wildman–Crippen LogP) is 2.67. The average molecular weight is 318 g/mol. The van der Waals surface area contributed by atoms with Crippen LogP contribution in [0.2, 0.25) is 0 Å². The Bertz CT molecular complexity index is 1090. The quantitative estimate of drug-likeness (QED) is 0.805. The third-order valence-corrected chi connectivity index (χ3v) is 3.85. The van der Waals surface area contributed by atoms with Crippen LogP contribution in [0.3, 0.4) is 0 Å². The van der Waals surface area contributed by atoms with Gasteiger partial charge in [-0.2, -0.15) is 9.98 Å². The number of methoxy groups -OCH3 is 1. The van der Waals surface area contributed by atoms with Gasteiger partial charge in [-0.05, 0) is 49.4 Å². The van der Waals surface area contributed by atoms with Gasteiger partial charge in [-0.3, -0.25) is 4.98 Å². The Balaban J connectivity index is 1.91. The summed E-state index contributed by atoms with van der Waals surface area (Å²) in [5, 5.41) is 5.32. The summed E-state index contributed by atoms with van der Waals surface area (Å²) in [5.41, 5.74) is 3.40. The van der Waals surface area contributed by atoms with Crippen molar-refractivity contribution < 1.29 is 9.53 Å². The highest BCUT2D eigenvalue weighted by Crippen LogP contribution is 2.25. The van der Waals surface area contributed by atoms with E-state index >= 15 is 0 Å². The summed E-state index contributed by atoms with van der Waals surface area (Å²) in [6.45, 7) is 1.93. The molecular formula is C18H14N4O2. The number of fused-ring (bicyclic) bond motifs is 3. The lowest BCUT2D eigenvalue weighted by molar-refractivity contribution is 0.257. The van der Waals surface area contributed by atoms with Crippen LogP contribution in [0.25, 0.3) is 10.9 Å². The van der Waals surface area contributed by atoms with E-state index in [2.05, 4.69) is 20.3 Å². The third-order valence-electron chi connectivity index (χ3n) is 3.85. The molecule has 2 aromatic carbocycles. The molecule has 0 fully saturated rings. The van der Waals surface area contributed by atoms with Gasteiger partial charge >= 0.3 is 6.03 Å². The Labute approximate surface area is 137 Å². The first-order valence-corrected chi connectivity index (χ1v) is 7.47. The van der Waals surface area contributed by atoms with Gasteiger partial charge in [0.2, 0.25) is 0 Å². The lowest BCUT2D eigenvalue weighted by Crippen LogP contribution is -2.23. The Morgan fingerprint density at radius 1 is 1.04 bits per heavy atom. The minimum Gasteiger partial charge on any atom is -0.497 e. The van der Waals surface area contributed by atoms with Crippen molar-refractivity contribution in [3.05, 3.63) is 58.9 Å².